The summed E-state index contributed by atoms with van der Waals surface area (Å²) in [4.78, 5) is 8.85. The highest BCUT2D eigenvalue weighted by Crippen LogP contribution is 2.15. The van der Waals surface area contributed by atoms with Gasteiger partial charge in [-0.05, 0) is 59.7 Å². The highest BCUT2D eigenvalue weighted by molar-refractivity contribution is 5.86. The summed E-state index contributed by atoms with van der Waals surface area (Å²) in [7, 11) is 0. The van der Waals surface area contributed by atoms with Gasteiger partial charge in [-0.2, -0.15) is 0 Å². The van der Waals surface area contributed by atoms with Crippen molar-refractivity contribution in [2.24, 2.45) is 9.98 Å². The molecule has 24 heavy (non-hydrogen) atoms. The van der Waals surface area contributed by atoms with Gasteiger partial charge in [-0.25, -0.2) is 0 Å². The van der Waals surface area contributed by atoms with Crippen molar-refractivity contribution in [3.8, 4) is 0 Å². The maximum Gasteiger partial charge on any atom is 0.0631 e. The van der Waals surface area contributed by atoms with Crippen molar-refractivity contribution in [1.82, 2.24) is 0 Å². The Kier molecular flexibility index (Phi) is 4.68. The highest BCUT2D eigenvalue weighted by Gasteiger charge is 1.93. The van der Waals surface area contributed by atoms with Crippen LogP contribution in [0.1, 0.15) is 11.1 Å². The standard InChI is InChI=1S/C20H18N4/c21-17-5-9-19(10-6-17)23-13-15-1-2-16(4-3-15)14-24-20-11-7-18(22)8-12-20/h1-14H,21-22H2/b23-13+,24-14+. The van der Waals surface area contributed by atoms with E-state index in [2.05, 4.69) is 9.98 Å². The Hall–Kier alpha value is -3.40. The van der Waals surface area contributed by atoms with E-state index in [0.29, 0.717) is 0 Å². The second-order valence-electron chi connectivity index (χ2n) is 5.37. The molecule has 0 amide bonds. The first-order chi connectivity index (χ1) is 11.7. The fourth-order valence-corrected chi connectivity index (χ4v) is 2.09. The molecule has 0 radical (unpaired) electrons. The van der Waals surface area contributed by atoms with Crippen molar-refractivity contribution in [2.75, 3.05) is 11.5 Å². The number of nitrogens with two attached hydrogens (primary N) is 2. The van der Waals surface area contributed by atoms with Crippen LogP contribution in [0, 0.1) is 0 Å². The number of aliphatic imine (C=N–C) groups is 2. The predicted octanol–water partition coefficient (Wildman–Crippen LogP) is 4.35. The minimum absolute atomic E-state index is 0.735. The topological polar surface area (TPSA) is 76.8 Å². The Labute approximate surface area is 141 Å². The first-order valence-electron chi connectivity index (χ1n) is 7.58. The van der Waals surface area contributed by atoms with E-state index in [1.807, 2.05) is 85.2 Å². The van der Waals surface area contributed by atoms with E-state index in [-0.39, 0.29) is 0 Å². The van der Waals surface area contributed by atoms with Crippen LogP contribution in [0.5, 0.6) is 0 Å². The van der Waals surface area contributed by atoms with Gasteiger partial charge in [0.2, 0.25) is 0 Å². The van der Waals surface area contributed by atoms with Crippen LogP contribution in [0.25, 0.3) is 0 Å². The minimum Gasteiger partial charge on any atom is -0.399 e. The van der Waals surface area contributed by atoms with Gasteiger partial charge in [0.1, 0.15) is 0 Å². The third-order valence-electron chi connectivity index (χ3n) is 3.45. The molecule has 0 aliphatic heterocycles. The maximum absolute atomic E-state index is 5.66. The average molecular weight is 314 g/mol. The molecule has 0 saturated heterocycles. The first kappa shape index (κ1) is 15.5. The lowest BCUT2D eigenvalue weighted by atomic mass is 10.1. The molecule has 0 aliphatic carbocycles. The van der Waals surface area contributed by atoms with Crippen molar-refractivity contribution >= 4 is 35.2 Å². The zero-order valence-corrected chi connectivity index (χ0v) is 13.1. The molecule has 0 bridgehead atoms. The van der Waals surface area contributed by atoms with Crippen molar-refractivity contribution in [3.05, 3.63) is 83.9 Å². The van der Waals surface area contributed by atoms with Gasteiger partial charge in [-0.15, -0.1) is 0 Å². The van der Waals surface area contributed by atoms with Crippen molar-refractivity contribution < 1.29 is 0 Å². The van der Waals surface area contributed by atoms with E-state index in [0.717, 1.165) is 33.9 Å². The molecule has 4 nitrogen and oxygen atoms in total. The Bertz CT molecular complexity index is 771. The summed E-state index contributed by atoms with van der Waals surface area (Å²) < 4.78 is 0. The van der Waals surface area contributed by atoms with Crippen LogP contribution >= 0.6 is 0 Å². The van der Waals surface area contributed by atoms with Crippen LogP contribution in [0.4, 0.5) is 22.7 Å². The summed E-state index contributed by atoms with van der Waals surface area (Å²) >= 11 is 0. The summed E-state index contributed by atoms with van der Waals surface area (Å²) in [6.45, 7) is 0. The molecule has 3 aromatic rings. The second kappa shape index (κ2) is 7.24. The largest absolute Gasteiger partial charge is 0.399 e. The van der Waals surface area contributed by atoms with Crippen LogP contribution in [0.3, 0.4) is 0 Å². The fraction of sp³-hybridized carbons (Fsp3) is 0. The molecule has 4 N–H and O–H groups in total. The summed E-state index contributed by atoms with van der Waals surface area (Å²) in [6, 6.07) is 22.9. The summed E-state index contributed by atoms with van der Waals surface area (Å²) in [6.07, 6.45) is 3.65. The molecular formula is C20H18N4. The van der Waals surface area contributed by atoms with E-state index in [4.69, 9.17) is 11.5 Å². The second-order valence-corrected chi connectivity index (χ2v) is 5.37. The third-order valence-corrected chi connectivity index (χ3v) is 3.45. The molecule has 0 atom stereocenters. The Morgan fingerprint density at radius 1 is 0.500 bits per heavy atom. The van der Waals surface area contributed by atoms with Crippen molar-refractivity contribution in [3.63, 3.8) is 0 Å². The lowest BCUT2D eigenvalue weighted by molar-refractivity contribution is 1.51. The number of hydrogen-bond donors (Lipinski definition) is 2. The van der Waals surface area contributed by atoms with Gasteiger partial charge in [0.15, 0.2) is 0 Å². The predicted molar refractivity (Wildman–Crippen MR) is 103 cm³/mol. The maximum atomic E-state index is 5.66. The van der Waals surface area contributed by atoms with E-state index in [9.17, 15) is 0 Å². The number of hydrogen-bond acceptors (Lipinski definition) is 4. The van der Waals surface area contributed by atoms with E-state index in [1.165, 1.54) is 0 Å². The highest BCUT2D eigenvalue weighted by atomic mass is 14.7. The summed E-state index contributed by atoms with van der Waals surface area (Å²) in [5.41, 5.74) is 16.6. The lowest BCUT2D eigenvalue weighted by Crippen LogP contribution is -1.85. The minimum atomic E-state index is 0.735. The van der Waals surface area contributed by atoms with Gasteiger partial charge >= 0.3 is 0 Å². The van der Waals surface area contributed by atoms with Gasteiger partial charge in [-0.3, -0.25) is 9.98 Å². The Morgan fingerprint density at radius 3 is 1.17 bits per heavy atom. The third kappa shape index (κ3) is 4.30. The number of benzene rings is 3. The van der Waals surface area contributed by atoms with Crippen LogP contribution < -0.4 is 11.5 Å². The molecular weight excluding hydrogens is 296 g/mol. The molecule has 4 heteroatoms. The van der Waals surface area contributed by atoms with Gasteiger partial charge in [0, 0.05) is 23.8 Å². The Balaban J connectivity index is 1.66. The average Bonchev–Trinajstić information content (AvgIpc) is 2.62. The molecule has 0 heterocycles. The number of anilines is 2. The Morgan fingerprint density at radius 2 is 0.833 bits per heavy atom. The molecule has 0 saturated carbocycles. The quantitative estimate of drug-likeness (QED) is 0.554. The van der Waals surface area contributed by atoms with Crippen molar-refractivity contribution in [1.29, 1.82) is 0 Å². The molecule has 0 aromatic heterocycles. The molecule has 118 valence electrons. The normalized spacial score (nSPS) is 11.3. The first-order valence-corrected chi connectivity index (χ1v) is 7.58. The van der Waals surface area contributed by atoms with Crippen LogP contribution in [0.2, 0.25) is 0 Å². The van der Waals surface area contributed by atoms with Gasteiger partial charge < -0.3 is 11.5 Å². The van der Waals surface area contributed by atoms with Gasteiger partial charge in [0.05, 0.1) is 11.4 Å². The van der Waals surface area contributed by atoms with Gasteiger partial charge in [0.25, 0.3) is 0 Å². The molecule has 3 rings (SSSR count). The van der Waals surface area contributed by atoms with Crippen LogP contribution in [0.15, 0.2) is 82.8 Å². The van der Waals surface area contributed by atoms with E-state index < -0.39 is 0 Å². The smallest absolute Gasteiger partial charge is 0.0631 e. The molecule has 0 unspecified atom stereocenters. The van der Waals surface area contributed by atoms with Crippen LogP contribution in [-0.4, -0.2) is 12.4 Å². The number of rotatable bonds is 4. The SMILES string of the molecule is Nc1ccc(/N=C/c2ccc(/C=N/c3ccc(N)cc3)cc2)cc1. The van der Waals surface area contributed by atoms with Gasteiger partial charge in [-0.1, -0.05) is 24.3 Å². The zero-order valence-electron chi connectivity index (χ0n) is 13.1. The van der Waals surface area contributed by atoms with Crippen LogP contribution in [-0.2, 0) is 0 Å². The molecule has 0 spiro atoms. The monoisotopic (exact) mass is 314 g/mol. The summed E-state index contributed by atoms with van der Waals surface area (Å²) in [5, 5.41) is 0. The molecule has 0 aliphatic rings. The number of nitrogen functional groups attached to an aromatic ring is 2. The van der Waals surface area contributed by atoms with E-state index in [1.54, 1.807) is 0 Å². The van der Waals surface area contributed by atoms with E-state index >= 15 is 0 Å². The number of nitrogens with zero attached hydrogens (tertiary/aromatic N) is 2. The molecule has 3 aromatic carbocycles. The lowest BCUT2D eigenvalue weighted by Gasteiger charge is -1.98. The van der Waals surface area contributed by atoms with Crippen molar-refractivity contribution in [2.45, 2.75) is 0 Å². The zero-order chi connectivity index (χ0) is 16.8. The molecule has 0 fully saturated rings. The fourth-order valence-electron chi connectivity index (χ4n) is 2.09. The summed E-state index contributed by atoms with van der Waals surface area (Å²) in [5.74, 6) is 0.